The van der Waals surface area contributed by atoms with Crippen molar-refractivity contribution in [3.63, 3.8) is 0 Å². The van der Waals surface area contributed by atoms with Crippen molar-refractivity contribution in [2.45, 2.75) is 13.2 Å². The molecule has 1 amide bonds. The van der Waals surface area contributed by atoms with Crippen molar-refractivity contribution in [1.29, 1.82) is 0 Å². The van der Waals surface area contributed by atoms with E-state index in [-0.39, 0.29) is 18.2 Å². The first-order chi connectivity index (χ1) is 12.9. The van der Waals surface area contributed by atoms with Crippen molar-refractivity contribution < 1.29 is 32.7 Å². The van der Waals surface area contributed by atoms with Crippen LogP contribution in [0.1, 0.15) is 5.56 Å². The van der Waals surface area contributed by atoms with E-state index in [1.54, 1.807) is 37.4 Å². The highest BCUT2D eigenvalue weighted by molar-refractivity contribution is 5.91. The summed E-state index contributed by atoms with van der Waals surface area (Å²) in [5.41, 5.74) is 1.52. The van der Waals surface area contributed by atoms with Crippen LogP contribution in [0.15, 0.2) is 42.5 Å². The van der Waals surface area contributed by atoms with Gasteiger partial charge in [-0.2, -0.15) is 8.78 Å². The van der Waals surface area contributed by atoms with Crippen molar-refractivity contribution in [2.24, 2.45) is 0 Å². The van der Waals surface area contributed by atoms with E-state index in [2.05, 4.69) is 10.1 Å². The summed E-state index contributed by atoms with van der Waals surface area (Å²) >= 11 is 0. The van der Waals surface area contributed by atoms with Crippen LogP contribution in [0.4, 0.5) is 14.5 Å². The molecule has 1 unspecified atom stereocenters. The van der Waals surface area contributed by atoms with Crippen molar-refractivity contribution in [1.82, 2.24) is 0 Å². The van der Waals surface area contributed by atoms with Crippen LogP contribution in [0.2, 0.25) is 0 Å². The Labute approximate surface area is 156 Å². The molecule has 0 aromatic heterocycles. The van der Waals surface area contributed by atoms with Crippen LogP contribution in [-0.2, 0) is 11.3 Å². The molecule has 2 rings (SSSR count). The summed E-state index contributed by atoms with van der Waals surface area (Å²) < 4.78 is 39.0. The van der Waals surface area contributed by atoms with Gasteiger partial charge in [0.1, 0.15) is 12.3 Å². The van der Waals surface area contributed by atoms with Crippen LogP contribution < -0.4 is 24.4 Å². The van der Waals surface area contributed by atoms with Gasteiger partial charge in [0.25, 0.3) is 5.91 Å². The third-order valence-corrected chi connectivity index (χ3v) is 3.78. The second-order valence-electron chi connectivity index (χ2n) is 5.95. The van der Waals surface area contributed by atoms with Gasteiger partial charge in [0.15, 0.2) is 18.0 Å². The number of rotatable bonds is 9. The van der Waals surface area contributed by atoms with Gasteiger partial charge in [-0.15, -0.1) is 0 Å². The number of alkyl halides is 2. The zero-order valence-corrected chi connectivity index (χ0v) is 15.4. The van der Waals surface area contributed by atoms with Crippen molar-refractivity contribution in [2.75, 3.05) is 33.1 Å². The Kier molecular flexibility index (Phi) is 7.36. The minimum Gasteiger partial charge on any atom is -0.493 e. The fourth-order valence-corrected chi connectivity index (χ4v) is 2.59. The number of ether oxygens (including phenoxy) is 3. The Morgan fingerprint density at radius 3 is 2.33 bits per heavy atom. The normalized spacial score (nSPS) is 11.8. The number of methoxy groups -OCH3 is 2. The molecule has 0 bridgehead atoms. The minimum absolute atomic E-state index is 0.109. The Balaban J connectivity index is 1.88. The number of quaternary nitrogens is 1. The molecule has 0 aliphatic heterocycles. The van der Waals surface area contributed by atoms with Gasteiger partial charge in [-0.1, -0.05) is 0 Å². The van der Waals surface area contributed by atoms with E-state index in [9.17, 15) is 13.6 Å². The molecule has 1 atom stereocenters. The maximum Gasteiger partial charge on any atom is 0.387 e. The standard InChI is InChI=1S/C19H22F2N2O4/c1-23(11-13-4-7-15(8-5-13)27-19(20)21)12-18(24)22-14-6-9-16(25-2)17(10-14)26-3/h4-10,19H,11-12H2,1-3H3,(H,22,24)/p+1. The number of carbonyl (C=O) groups is 1. The molecule has 2 aromatic rings. The molecule has 0 saturated carbocycles. The van der Waals surface area contributed by atoms with Gasteiger partial charge < -0.3 is 24.4 Å². The third-order valence-electron chi connectivity index (χ3n) is 3.78. The summed E-state index contributed by atoms with van der Waals surface area (Å²) in [4.78, 5) is 13.2. The van der Waals surface area contributed by atoms with Gasteiger partial charge in [0.2, 0.25) is 0 Å². The smallest absolute Gasteiger partial charge is 0.387 e. The molecule has 8 heteroatoms. The number of nitrogens with one attached hydrogen (secondary N) is 2. The van der Waals surface area contributed by atoms with Crippen molar-refractivity contribution in [3.05, 3.63) is 48.0 Å². The van der Waals surface area contributed by atoms with Crippen LogP contribution in [-0.4, -0.2) is 40.3 Å². The molecular weight excluding hydrogens is 358 g/mol. The minimum atomic E-state index is -2.84. The molecule has 0 radical (unpaired) electrons. The lowest BCUT2D eigenvalue weighted by atomic mass is 10.2. The summed E-state index contributed by atoms with van der Waals surface area (Å²) in [6, 6.07) is 11.5. The van der Waals surface area contributed by atoms with Gasteiger partial charge >= 0.3 is 6.61 Å². The Bertz CT molecular complexity index is 754. The SMILES string of the molecule is COc1ccc(NC(=O)C[NH+](C)Cc2ccc(OC(F)F)cc2)cc1OC. The van der Waals surface area contributed by atoms with Crippen LogP contribution in [0, 0.1) is 0 Å². The van der Waals surface area contributed by atoms with Gasteiger partial charge in [-0.25, -0.2) is 0 Å². The predicted molar refractivity (Wildman–Crippen MR) is 96.7 cm³/mol. The molecule has 0 heterocycles. The maximum atomic E-state index is 12.2. The highest BCUT2D eigenvalue weighted by atomic mass is 19.3. The van der Waals surface area contributed by atoms with Crippen LogP contribution in [0.25, 0.3) is 0 Å². The molecule has 2 N–H and O–H groups in total. The van der Waals surface area contributed by atoms with Gasteiger partial charge in [-0.05, 0) is 36.4 Å². The van der Waals surface area contributed by atoms with E-state index < -0.39 is 6.61 Å². The van der Waals surface area contributed by atoms with Crippen molar-refractivity contribution >= 4 is 11.6 Å². The number of anilines is 1. The molecule has 0 spiro atoms. The van der Waals surface area contributed by atoms with Crippen LogP contribution in [0.3, 0.4) is 0 Å². The lowest BCUT2D eigenvalue weighted by Gasteiger charge is -2.15. The lowest BCUT2D eigenvalue weighted by Crippen LogP contribution is -3.08. The molecule has 2 aromatic carbocycles. The molecule has 0 saturated heterocycles. The Morgan fingerprint density at radius 1 is 1.07 bits per heavy atom. The van der Waals surface area contributed by atoms with Crippen LogP contribution in [0.5, 0.6) is 17.2 Å². The number of hydrogen-bond acceptors (Lipinski definition) is 4. The quantitative estimate of drug-likeness (QED) is 0.697. The fraction of sp³-hybridized carbons (Fsp3) is 0.316. The number of amides is 1. The van der Waals surface area contributed by atoms with Gasteiger partial charge in [0.05, 0.1) is 21.3 Å². The average Bonchev–Trinajstić information content (AvgIpc) is 2.62. The number of hydrogen-bond donors (Lipinski definition) is 2. The predicted octanol–water partition coefficient (Wildman–Crippen LogP) is 1.96. The summed E-state index contributed by atoms with van der Waals surface area (Å²) in [7, 11) is 4.94. The number of halogens is 2. The molecule has 0 aliphatic carbocycles. The largest absolute Gasteiger partial charge is 0.493 e. The summed E-state index contributed by atoms with van der Waals surface area (Å²) in [6.45, 7) is -2.04. The molecular formula is C19H23F2N2O4+. The topological polar surface area (TPSA) is 61.2 Å². The fourth-order valence-electron chi connectivity index (χ4n) is 2.59. The zero-order valence-electron chi connectivity index (χ0n) is 15.4. The molecule has 0 aliphatic rings. The average molecular weight is 381 g/mol. The number of likely N-dealkylation sites (N-methyl/N-ethyl adjacent to an activating group) is 1. The lowest BCUT2D eigenvalue weighted by molar-refractivity contribution is -0.885. The van der Waals surface area contributed by atoms with Crippen molar-refractivity contribution in [3.8, 4) is 17.2 Å². The van der Waals surface area contributed by atoms with E-state index in [0.717, 1.165) is 10.5 Å². The second-order valence-corrected chi connectivity index (χ2v) is 5.95. The number of benzene rings is 2. The monoisotopic (exact) mass is 381 g/mol. The summed E-state index contributed by atoms with van der Waals surface area (Å²) in [6.07, 6.45) is 0. The van der Waals surface area contributed by atoms with E-state index in [4.69, 9.17) is 9.47 Å². The highest BCUT2D eigenvalue weighted by Crippen LogP contribution is 2.29. The van der Waals surface area contributed by atoms with E-state index in [1.807, 2.05) is 7.05 Å². The summed E-state index contributed by atoms with van der Waals surface area (Å²) in [5, 5.41) is 2.82. The molecule has 0 fully saturated rings. The van der Waals surface area contributed by atoms with Gasteiger partial charge in [0, 0.05) is 17.3 Å². The van der Waals surface area contributed by atoms with E-state index >= 15 is 0 Å². The second kappa shape index (κ2) is 9.72. The van der Waals surface area contributed by atoms with E-state index in [1.165, 1.54) is 19.2 Å². The Morgan fingerprint density at radius 2 is 1.74 bits per heavy atom. The summed E-state index contributed by atoms with van der Waals surface area (Å²) in [5.74, 6) is 1.06. The molecule has 27 heavy (non-hydrogen) atoms. The maximum absolute atomic E-state index is 12.2. The van der Waals surface area contributed by atoms with E-state index in [0.29, 0.717) is 23.7 Å². The van der Waals surface area contributed by atoms with Crippen LogP contribution >= 0.6 is 0 Å². The Hall–Kier alpha value is -2.87. The first-order valence-corrected chi connectivity index (χ1v) is 8.28. The molecule has 146 valence electrons. The van der Waals surface area contributed by atoms with Gasteiger partial charge in [-0.3, -0.25) is 4.79 Å². The zero-order chi connectivity index (χ0) is 19.8. The first kappa shape index (κ1) is 20.4. The third kappa shape index (κ3) is 6.41. The highest BCUT2D eigenvalue weighted by Gasteiger charge is 2.13. The number of carbonyl (C=O) groups excluding carboxylic acids is 1. The first-order valence-electron chi connectivity index (χ1n) is 8.28. The molecule has 6 nitrogen and oxygen atoms in total.